The van der Waals surface area contributed by atoms with Gasteiger partial charge in [-0.3, -0.25) is 19.2 Å². The number of sulfonamides is 1. The summed E-state index contributed by atoms with van der Waals surface area (Å²) in [7, 11) is -2.32. The summed E-state index contributed by atoms with van der Waals surface area (Å²) < 4.78 is 33.1. The lowest BCUT2D eigenvalue weighted by molar-refractivity contribution is -0.117. The minimum absolute atomic E-state index is 0.0135. The predicted molar refractivity (Wildman–Crippen MR) is 126 cm³/mol. The largest absolute Gasteiger partial charge is 0.497 e. The van der Waals surface area contributed by atoms with E-state index in [1.807, 2.05) is 0 Å². The number of hydrogen-bond donors (Lipinski definition) is 2. The van der Waals surface area contributed by atoms with Gasteiger partial charge in [0.1, 0.15) is 5.75 Å². The van der Waals surface area contributed by atoms with Crippen molar-refractivity contribution in [3.05, 3.63) is 59.6 Å². The Bertz CT molecular complexity index is 1270. The Balaban J connectivity index is 1.40. The first-order chi connectivity index (χ1) is 15.8. The second kappa shape index (κ2) is 9.59. The summed E-state index contributed by atoms with van der Waals surface area (Å²) in [5.41, 5.74) is 1.29. The number of methoxy groups -OCH3 is 1. The predicted octanol–water partition coefficient (Wildman–Crippen LogP) is 3.26. The Kier molecular flexibility index (Phi) is 6.61. The number of benzene rings is 2. The number of thiazole rings is 1. The number of hydrogen-bond acceptors (Lipinski definition) is 7. The van der Waals surface area contributed by atoms with Crippen molar-refractivity contribution in [3.8, 4) is 5.75 Å². The van der Waals surface area contributed by atoms with E-state index in [2.05, 4.69) is 15.0 Å². The van der Waals surface area contributed by atoms with E-state index in [0.29, 0.717) is 40.9 Å². The summed E-state index contributed by atoms with van der Waals surface area (Å²) in [5.74, 6) is 0.320. The third kappa shape index (κ3) is 5.49. The van der Waals surface area contributed by atoms with Crippen molar-refractivity contribution < 1.29 is 22.7 Å². The van der Waals surface area contributed by atoms with Crippen LogP contribution in [-0.4, -0.2) is 38.9 Å². The SMILES string of the molecule is COc1ccc(NS(=O)(=O)c2cccc(NC(=O)Cc3csc(N4CCCC4=O)n3)c2)cc1. The van der Waals surface area contributed by atoms with Crippen molar-refractivity contribution >= 4 is 49.7 Å². The van der Waals surface area contributed by atoms with Crippen LogP contribution in [0.4, 0.5) is 16.5 Å². The second-order valence-corrected chi connectivity index (χ2v) is 9.88. The first-order valence-corrected chi connectivity index (χ1v) is 12.5. The highest BCUT2D eigenvalue weighted by Crippen LogP contribution is 2.26. The summed E-state index contributed by atoms with van der Waals surface area (Å²) in [6.07, 6.45) is 1.34. The maximum absolute atomic E-state index is 12.7. The number of anilines is 3. The lowest BCUT2D eigenvalue weighted by atomic mass is 10.3. The van der Waals surface area contributed by atoms with E-state index in [4.69, 9.17) is 4.74 Å². The van der Waals surface area contributed by atoms with Gasteiger partial charge in [-0.1, -0.05) is 6.07 Å². The van der Waals surface area contributed by atoms with E-state index < -0.39 is 10.0 Å². The molecule has 0 spiro atoms. The van der Waals surface area contributed by atoms with E-state index in [1.54, 1.807) is 46.7 Å². The molecule has 0 aliphatic carbocycles. The summed E-state index contributed by atoms with van der Waals surface area (Å²) in [4.78, 5) is 30.4. The minimum atomic E-state index is -3.85. The Morgan fingerprint density at radius 3 is 2.67 bits per heavy atom. The summed E-state index contributed by atoms with van der Waals surface area (Å²) in [6, 6.07) is 12.5. The topological polar surface area (TPSA) is 118 Å². The number of nitrogens with one attached hydrogen (secondary N) is 2. The van der Waals surface area contributed by atoms with Gasteiger partial charge in [0.25, 0.3) is 10.0 Å². The zero-order valence-corrected chi connectivity index (χ0v) is 19.4. The van der Waals surface area contributed by atoms with Crippen LogP contribution in [0.15, 0.2) is 58.8 Å². The normalized spacial score (nSPS) is 13.7. The zero-order valence-electron chi connectivity index (χ0n) is 17.8. The van der Waals surface area contributed by atoms with Crippen molar-refractivity contribution in [2.45, 2.75) is 24.2 Å². The number of ether oxygens (including phenoxy) is 1. The zero-order chi connectivity index (χ0) is 23.4. The van der Waals surface area contributed by atoms with Gasteiger partial charge in [-0.25, -0.2) is 13.4 Å². The van der Waals surface area contributed by atoms with E-state index in [-0.39, 0.29) is 23.1 Å². The molecule has 11 heteroatoms. The number of aromatic nitrogens is 1. The fourth-order valence-electron chi connectivity index (χ4n) is 3.34. The molecule has 172 valence electrons. The van der Waals surface area contributed by atoms with Crippen molar-refractivity contribution in [1.29, 1.82) is 0 Å². The summed E-state index contributed by atoms with van der Waals surface area (Å²) in [6.45, 7) is 0.643. The van der Waals surface area contributed by atoms with Gasteiger partial charge in [0.2, 0.25) is 11.8 Å². The fourth-order valence-corrected chi connectivity index (χ4v) is 5.31. The van der Waals surface area contributed by atoms with Gasteiger partial charge in [0.05, 0.1) is 24.1 Å². The smallest absolute Gasteiger partial charge is 0.261 e. The second-order valence-electron chi connectivity index (χ2n) is 7.36. The average Bonchev–Trinajstić information content (AvgIpc) is 3.42. The van der Waals surface area contributed by atoms with Gasteiger partial charge >= 0.3 is 0 Å². The van der Waals surface area contributed by atoms with Crippen LogP contribution < -0.4 is 19.7 Å². The summed E-state index contributed by atoms with van der Waals surface area (Å²) >= 11 is 1.33. The van der Waals surface area contributed by atoms with Crippen LogP contribution in [-0.2, 0) is 26.0 Å². The Morgan fingerprint density at radius 1 is 1.18 bits per heavy atom. The third-order valence-corrected chi connectivity index (χ3v) is 7.25. The van der Waals surface area contributed by atoms with Crippen molar-refractivity contribution in [3.63, 3.8) is 0 Å². The van der Waals surface area contributed by atoms with Gasteiger partial charge in [-0.05, 0) is 48.9 Å². The number of carbonyl (C=O) groups excluding carboxylic acids is 2. The van der Waals surface area contributed by atoms with Crippen LogP contribution in [0.2, 0.25) is 0 Å². The molecule has 33 heavy (non-hydrogen) atoms. The molecule has 2 aromatic carbocycles. The Morgan fingerprint density at radius 2 is 1.97 bits per heavy atom. The molecule has 1 aromatic heterocycles. The van der Waals surface area contributed by atoms with Crippen LogP contribution in [0.5, 0.6) is 5.75 Å². The van der Waals surface area contributed by atoms with E-state index in [9.17, 15) is 18.0 Å². The standard InChI is InChI=1S/C22H22N4O5S2/c1-31-18-9-7-15(8-10-18)25-33(29,30)19-5-2-4-16(12-19)23-20(27)13-17-14-32-22(24-17)26-11-3-6-21(26)28/h2,4-5,7-10,12,14,25H,3,6,11,13H2,1H3,(H,23,27). The van der Waals surface area contributed by atoms with Crippen LogP contribution in [0.1, 0.15) is 18.5 Å². The van der Waals surface area contributed by atoms with E-state index in [1.165, 1.54) is 30.6 Å². The maximum atomic E-state index is 12.7. The lowest BCUT2D eigenvalue weighted by Crippen LogP contribution is -2.23. The van der Waals surface area contributed by atoms with E-state index >= 15 is 0 Å². The molecule has 2 heterocycles. The molecule has 2 amide bonds. The molecular formula is C22H22N4O5S2. The number of amides is 2. The third-order valence-electron chi connectivity index (χ3n) is 4.96. The van der Waals surface area contributed by atoms with Crippen molar-refractivity contribution in [2.75, 3.05) is 28.6 Å². The first kappa shape index (κ1) is 22.7. The Hall–Kier alpha value is -3.44. The molecule has 3 aromatic rings. The van der Waals surface area contributed by atoms with Crippen LogP contribution >= 0.6 is 11.3 Å². The minimum Gasteiger partial charge on any atom is -0.497 e. The van der Waals surface area contributed by atoms with Crippen LogP contribution in [0, 0.1) is 0 Å². The van der Waals surface area contributed by atoms with Gasteiger partial charge in [0, 0.05) is 29.7 Å². The van der Waals surface area contributed by atoms with Crippen LogP contribution in [0.25, 0.3) is 0 Å². The van der Waals surface area contributed by atoms with Gasteiger partial charge < -0.3 is 10.1 Å². The molecule has 1 fully saturated rings. The molecule has 1 aliphatic rings. The number of carbonyl (C=O) groups is 2. The maximum Gasteiger partial charge on any atom is 0.261 e. The van der Waals surface area contributed by atoms with Crippen molar-refractivity contribution in [1.82, 2.24) is 4.98 Å². The quantitative estimate of drug-likeness (QED) is 0.505. The molecule has 9 nitrogen and oxygen atoms in total. The van der Waals surface area contributed by atoms with Gasteiger partial charge in [0.15, 0.2) is 5.13 Å². The Labute approximate surface area is 195 Å². The molecule has 0 bridgehead atoms. The lowest BCUT2D eigenvalue weighted by Gasteiger charge is -2.11. The molecule has 0 radical (unpaired) electrons. The van der Waals surface area contributed by atoms with Gasteiger partial charge in [-0.15, -0.1) is 11.3 Å². The van der Waals surface area contributed by atoms with Crippen molar-refractivity contribution in [2.24, 2.45) is 0 Å². The monoisotopic (exact) mass is 486 g/mol. The fraction of sp³-hybridized carbons (Fsp3) is 0.227. The molecule has 2 N–H and O–H groups in total. The molecule has 0 atom stereocenters. The van der Waals surface area contributed by atoms with Gasteiger partial charge in [-0.2, -0.15) is 0 Å². The number of rotatable bonds is 8. The van der Waals surface area contributed by atoms with Crippen LogP contribution in [0.3, 0.4) is 0 Å². The highest BCUT2D eigenvalue weighted by molar-refractivity contribution is 7.92. The molecular weight excluding hydrogens is 464 g/mol. The molecule has 0 unspecified atom stereocenters. The number of nitrogens with zero attached hydrogens (tertiary/aromatic N) is 2. The molecule has 0 saturated carbocycles. The highest BCUT2D eigenvalue weighted by Gasteiger charge is 2.24. The highest BCUT2D eigenvalue weighted by atomic mass is 32.2. The summed E-state index contributed by atoms with van der Waals surface area (Å²) in [5, 5.41) is 5.05. The van der Waals surface area contributed by atoms with E-state index in [0.717, 1.165) is 6.42 Å². The average molecular weight is 487 g/mol. The molecule has 1 saturated heterocycles. The molecule has 4 rings (SSSR count). The first-order valence-electron chi connectivity index (χ1n) is 10.2. The molecule has 1 aliphatic heterocycles.